The van der Waals surface area contributed by atoms with Crippen LogP contribution < -0.4 is 0 Å². The first-order chi connectivity index (χ1) is 21.8. The average molecular weight is 588 g/mol. The molecule has 1 aliphatic rings. The van der Waals surface area contributed by atoms with E-state index < -0.39 is 0 Å². The lowest BCUT2D eigenvalue weighted by molar-refractivity contribution is 1.20. The summed E-state index contributed by atoms with van der Waals surface area (Å²) < 4.78 is 0. The number of hydrogen-bond donors (Lipinski definition) is 0. The average Bonchev–Trinajstić information content (AvgIpc) is 3.25. The first-order valence-corrected chi connectivity index (χ1v) is 15.3. The van der Waals surface area contributed by atoms with Gasteiger partial charge in [0.1, 0.15) is 0 Å². The van der Waals surface area contributed by atoms with E-state index in [4.69, 9.17) is 24.9 Å². The third kappa shape index (κ3) is 6.48. The van der Waals surface area contributed by atoms with E-state index >= 15 is 0 Å². The number of hydrogen-bond acceptors (Lipinski definition) is 5. The summed E-state index contributed by atoms with van der Waals surface area (Å²) in [6.45, 7) is 12.4. The van der Waals surface area contributed by atoms with Gasteiger partial charge < -0.3 is 0 Å². The number of rotatable bonds is 6. The van der Waals surface area contributed by atoms with Crippen LogP contribution in [-0.4, -0.2) is 27.1 Å². The first-order valence-electron chi connectivity index (χ1n) is 15.3. The Morgan fingerprint density at radius 3 is 1.62 bits per heavy atom. The molecule has 0 bridgehead atoms. The number of allylic oxidation sites excluding steroid dienone is 1. The summed E-state index contributed by atoms with van der Waals surface area (Å²) in [4.78, 5) is 25.3. The second kappa shape index (κ2) is 12.7. The molecule has 1 aliphatic heterocycles. The number of pyridine rings is 2. The van der Waals surface area contributed by atoms with Crippen molar-refractivity contribution in [1.82, 2.24) is 9.97 Å². The van der Waals surface area contributed by atoms with Gasteiger partial charge in [0.05, 0.1) is 57.0 Å². The zero-order chi connectivity index (χ0) is 31.5. The molecule has 222 valence electrons. The van der Waals surface area contributed by atoms with Crippen LogP contribution in [0.4, 0.5) is 17.1 Å². The molecule has 2 aromatic heterocycles. The first kappa shape index (κ1) is 29.8. The van der Waals surface area contributed by atoms with Crippen molar-refractivity contribution in [1.29, 1.82) is 0 Å². The van der Waals surface area contributed by atoms with Crippen molar-refractivity contribution in [2.75, 3.05) is 0 Å². The van der Waals surface area contributed by atoms with E-state index in [1.54, 1.807) is 0 Å². The lowest BCUT2D eigenvalue weighted by atomic mass is 10.00. The van der Waals surface area contributed by atoms with Crippen molar-refractivity contribution in [2.24, 2.45) is 15.0 Å². The summed E-state index contributed by atoms with van der Waals surface area (Å²) in [5.41, 5.74) is 15.7. The Balaban J connectivity index is 1.38. The monoisotopic (exact) mass is 587 g/mol. The van der Waals surface area contributed by atoms with Gasteiger partial charge in [0.15, 0.2) is 0 Å². The molecular weight excluding hydrogens is 550 g/mol. The largest absolute Gasteiger partial charge is 0.251 e. The van der Waals surface area contributed by atoms with Crippen molar-refractivity contribution in [3.8, 4) is 0 Å². The fourth-order valence-corrected chi connectivity index (χ4v) is 5.65. The quantitative estimate of drug-likeness (QED) is 0.186. The second-order valence-corrected chi connectivity index (χ2v) is 11.7. The third-order valence-electron chi connectivity index (χ3n) is 8.18. The minimum Gasteiger partial charge on any atom is -0.251 e. The topological polar surface area (TPSA) is 62.9 Å². The second-order valence-electron chi connectivity index (χ2n) is 11.7. The van der Waals surface area contributed by atoms with Gasteiger partial charge in [0, 0.05) is 12.0 Å². The number of para-hydroxylation sites is 3. The standard InChI is InChI=1S/C40H37N5/c1-25-13-9-14-26(2)39(25)41-29(5)33-19-11-21-36(43-33)32-23-31-17-7-8-18-35(31)45-38(24-32)37-22-12-20-34(44-37)30(6)42-40-27(3)15-10-16-28(40)4/h7-23H,24H2,1-6H3. The SMILES string of the molecule is CC(=Nc1c(C)cccc1C)c1cccc(C2=Cc3ccccc3N=C(c3cccc(C(C)=Nc4c(C)cccc4C)n3)C2)n1. The maximum atomic E-state index is 5.14. The number of aromatic nitrogens is 2. The van der Waals surface area contributed by atoms with Crippen LogP contribution >= 0.6 is 0 Å². The fourth-order valence-electron chi connectivity index (χ4n) is 5.65. The van der Waals surface area contributed by atoms with Gasteiger partial charge in [0.2, 0.25) is 0 Å². The Morgan fingerprint density at radius 1 is 0.556 bits per heavy atom. The number of nitrogens with zero attached hydrogens (tertiary/aromatic N) is 5. The normalized spacial score (nSPS) is 13.6. The predicted octanol–water partition coefficient (Wildman–Crippen LogP) is 10.1. The zero-order valence-electron chi connectivity index (χ0n) is 26.8. The lowest BCUT2D eigenvalue weighted by Crippen LogP contribution is -2.09. The van der Waals surface area contributed by atoms with E-state index in [-0.39, 0.29) is 0 Å². The predicted molar refractivity (Wildman–Crippen MR) is 189 cm³/mol. The summed E-state index contributed by atoms with van der Waals surface area (Å²) in [5, 5.41) is 0. The Kier molecular flexibility index (Phi) is 8.43. The third-order valence-corrected chi connectivity index (χ3v) is 8.18. The maximum absolute atomic E-state index is 5.14. The van der Waals surface area contributed by atoms with Crippen LogP contribution in [0.15, 0.2) is 112 Å². The van der Waals surface area contributed by atoms with Gasteiger partial charge in [0.25, 0.3) is 0 Å². The van der Waals surface area contributed by atoms with E-state index in [1.165, 1.54) is 0 Å². The van der Waals surface area contributed by atoms with Crippen molar-refractivity contribution < 1.29 is 0 Å². The molecule has 6 rings (SSSR count). The van der Waals surface area contributed by atoms with Crippen LogP contribution in [-0.2, 0) is 0 Å². The molecule has 0 amide bonds. The summed E-state index contributed by atoms with van der Waals surface area (Å²) in [7, 11) is 0. The fraction of sp³-hybridized carbons (Fsp3) is 0.175. The number of aryl methyl sites for hydroxylation is 4. The lowest BCUT2D eigenvalue weighted by Gasteiger charge is -2.12. The van der Waals surface area contributed by atoms with Gasteiger partial charge in [-0.3, -0.25) is 15.0 Å². The molecule has 5 nitrogen and oxygen atoms in total. The van der Waals surface area contributed by atoms with Crippen LogP contribution in [0, 0.1) is 27.7 Å². The smallest absolute Gasteiger partial charge is 0.0856 e. The van der Waals surface area contributed by atoms with Crippen LogP contribution in [0.3, 0.4) is 0 Å². The molecule has 5 aromatic rings. The minimum absolute atomic E-state index is 0.585. The molecule has 0 saturated heterocycles. The van der Waals surface area contributed by atoms with Gasteiger partial charge in [-0.15, -0.1) is 0 Å². The molecule has 45 heavy (non-hydrogen) atoms. The maximum Gasteiger partial charge on any atom is 0.0856 e. The Labute approximate surface area is 265 Å². The summed E-state index contributed by atoms with van der Waals surface area (Å²) >= 11 is 0. The minimum atomic E-state index is 0.585. The van der Waals surface area contributed by atoms with E-state index in [9.17, 15) is 0 Å². The van der Waals surface area contributed by atoms with Crippen LogP contribution in [0.5, 0.6) is 0 Å². The highest BCUT2D eigenvalue weighted by Crippen LogP contribution is 2.33. The van der Waals surface area contributed by atoms with Gasteiger partial charge >= 0.3 is 0 Å². The molecule has 0 N–H and O–H groups in total. The van der Waals surface area contributed by atoms with Crippen molar-refractivity contribution in [3.63, 3.8) is 0 Å². The van der Waals surface area contributed by atoms with Gasteiger partial charge in [-0.1, -0.05) is 66.7 Å². The van der Waals surface area contributed by atoms with E-state index in [0.29, 0.717) is 6.42 Å². The van der Waals surface area contributed by atoms with E-state index in [2.05, 4.69) is 94.4 Å². The molecule has 0 fully saturated rings. The van der Waals surface area contributed by atoms with Crippen LogP contribution in [0.1, 0.15) is 70.9 Å². The summed E-state index contributed by atoms with van der Waals surface area (Å²) in [6, 6.07) is 33.0. The van der Waals surface area contributed by atoms with Gasteiger partial charge in [-0.25, -0.2) is 9.97 Å². The summed E-state index contributed by atoms with van der Waals surface area (Å²) in [5.74, 6) is 0. The molecule has 0 radical (unpaired) electrons. The van der Waals surface area contributed by atoms with Crippen LogP contribution in [0.2, 0.25) is 0 Å². The zero-order valence-corrected chi connectivity index (χ0v) is 26.8. The number of aliphatic imine (C=N–C) groups is 3. The highest BCUT2D eigenvalue weighted by Gasteiger charge is 2.18. The number of fused-ring (bicyclic) bond motifs is 1. The molecule has 5 heteroatoms. The van der Waals surface area contributed by atoms with Crippen molar-refractivity contribution in [2.45, 2.75) is 48.0 Å². The highest BCUT2D eigenvalue weighted by molar-refractivity contribution is 6.11. The Hall–Kier alpha value is -5.29. The number of benzene rings is 3. The van der Waals surface area contributed by atoms with E-state index in [1.807, 2.05) is 50.2 Å². The molecule has 0 atom stereocenters. The summed E-state index contributed by atoms with van der Waals surface area (Å²) in [6.07, 6.45) is 2.79. The van der Waals surface area contributed by atoms with Crippen molar-refractivity contribution >= 4 is 45.8 Å². The molecule has 3 heterocycles. The molecule has 0 unspecified atom stereocenters. The molecular formula is C40H37N5. The van der Waals surface area contributed by atoms with Crippen molar-refractivity contribution in [3.05, 3.63) is 148 Å². The molecule has 0 saturated carbocycles. The van der Waals surface area contributed by atoms with Gasteiger partial charge in [-0.05, 0) is 106 Å². The molecule has 0 spiro atoms. The van der Waals surface area contributed by atoms with Gasteiger partial charge in [-0.2, -0.15) is 0 Å². The van der Waals surface area contributed by atoms with Crippen LogP contribution in [0.25, 0.3) is 11.6 Å². The Morgan fingerprint density at radius 2 is 1.04 bits per heavy atom. The highest BCUT2D eigenvalue weighted by atomic mass is 14.9. The molecule has 0 aliphatic carbocycles. The Bertz CT molecular complexity index is 1860. The molecule has 3 aromatic carbocycles. The van der Waals surface area contributed by atoms with E-state index in [0.717, 1.165) is 90.4 Å².